The van der Waals surface area contributed by atoms with E-state index in [1.807, 2.05) is 11.3 Å². The van der Waals surface area contributed by atoms with Gasteiger partial charge < -0.3 is 19.1 Å². The van der Waals surface area contributed by atoms with Gasteiger partial charge in [-0.05, 0) is 161 Å². The zero-order valence-electron chi connectivity index (χ0n) is 43.4. The van der Waals surface area contributed by atoms with Gasteiger partial charge in [0.15, 0.2) is 0 Å². The highest BCUT2D eigenvalue weighted by Gasteiger charge is 2.51. The highest BCUT2D eigenvalue weighted by Crippen LogP contribution is 2.63. The molecule has 16 rings (SSSR count). The maximum Gasteiger partial charge on any atom is 0.135 e. The maximum atomic E-state index is 6.81. The molecule has 11 aromatic carbocycles. The van der Waals surface area contributed by atoms with Gasteiger partial charge in [-0.15, -0.1) is 11.3 Å². The van der Waals surface area contributed by atoms with Crippen molar-refractivity contribution in [2.45, 2.75) is 24.3 Å². The molecular weight excluding hydrogens is 979 g/mol. The van der Waals surface area contributed by atoms with Crippen LogP contribution in [0.4, 0.5) is 45.5 Å². The van der Waals surface area contributed by atoms with Crippen molar-refractivity contribution in [3.8, 4) is 22.3 Å². The molecule has 1 unspecified atom stereocenters. The minimum atomic E-state index is -0.435. The van der Waals surface area contributed by atoms with E-state index in [1.165, 1.54) is 64.7 Å². The van der Waals surface area contributed by atoms with Gasteiger partial charge in [-0.3, -0.25) is 0 Å². The molecule has 0 N–H and O–H groups in total. The number of benzene rings is 11. The molecule has 13 aromatic rings. The Morgan fingerprint density at radius 2 is 0.823 bits per heavy atom. The van der Waals surface area contributed by atoms with Gasteiger partial charge in [0.2, 0.25) is 0 Å². The van der Waals surface area contributed by atoms with E-state index < -0.39 is 5.41 Å². The van der Waals surface area contributed by atoms with Crippen LogP contribution in [0.5, 0.6) is 0 Å². The standard InChI is InChI=1S/C74H51N3OS/c1-73(77(51-24-10-4-11-25-51)52-26-12-5-13-27-52)43-42-61-63-44-53(36-40-69(63)78-70(61)48-73)75(49-20-6-2-7-21-49)54-37-41-71-64(45-54)62-39-35-56(47-72(62)79-71)76(50-22-8-3-9-23-50)55-34-38-60-59-30-16-19-33-67(59)74(68(60)46-55)65-31-17-14-28-57(65)58-29-15-18-32-66(58)74/h2-47H,48H2,1H3. The Bertz CT molecular complexity index is 4460. The third-order valence-corrected chi connectivity index (χ3v) is 18.1. The molecule has 0 bridgehead atoms. The second kappa shape index (κ2) is 17.7. The van der Waals surface area contributed by atoms with E-state index in [4.69, 9.17) is 4.42 Å². The van der Waals surface area contributed by atoms with Crippen LogP contribution in [-0.4, -0.2) is 5.54 Å². The second-order valence-electron chi connectivity index (χ2n) is 21.4. The summed E-state index contributed by atoms with van der Waals surface area (Å²) in [6.45, 7) is 2.31. The smallest absolute Gasteiger partial charge is 0.135 e. The van der Waals surface area contributed by atoms with Crippen LogP contribution in [0.15, 0.2) is 277 Å². The van der Waals surface area contributed by atoms with Gasteiger partial charge in [0.1, 0.15) is 11.3 Å². The number of anilines is 8. The zero-order chi connectivity index (χ0) is 52.2. The first kappa shape index (κ1) is 45.5. The van der Waals surface area contributed by atoms with Crippen molar-refractivity contribution in [3.05, 3.63) is 307 Å². The molecule has 3 aliphatic rings. The molecule has 0 fully saturated rings. The van der Waals surface area contributed by atoms with Gasteiger partial charge in [-0.25, -0.2) is 0 Å². The predicted octanol–water partition coefficient (Wildman–Crippen LogP) is 20.3. The minimum absolute atomic E-state index is 0.365. The summed E-state index contributed by atoms with van der Waals surface area (Å²) in [6, 6.07) is 98.0. The molecular formula is C74H51N3OS. The summed E-state index contributed by atoms with van der Waals surface area (Å²) in [5.74, 6) is 0.993. The highest BCUT2D eigenvalue weighted by molar-refractivity contribution is 7.25. The zero-order valence-corrected chi connectivity index (χ0v) is 44.2. The molecule has 3 aliphatic carbocycles. The predicted molar refractivity (Wildman–Crippen MR) is 331 cm³/mol. The highest BCUT2D eigenvalue weighted by atomic mass is 32.1. The number of hydrogen-bond acceptors (Lipinski definition) is 5. The van der Waals surface area contributed by atoms with Crippen LogP contribution in [0.25, 0.3) is 59.5 Å². The molecule has 0 saturated heterocycles. The third kappa shape index (κ3) is 6.92. The number of fused-ring (bicyclic) bond motifs is 16. The van der Waals surface area contributed by atoms with E-state index in [9.17, 15) is 0 Å². The van der Waals surface area contributed by atoms with Crippen molar-refractivity contribution < 1.29 is 4.42 Å². The van der Waals surface area contributed by atoms with E-state index in [0.717, 1.165) is 67.8 Å². The van der Waals surface area contributed by atoms with Crippen molar-refractivity contribution in [2.24, 2.45) is 0 Å². The summed E-state index contributed by atoms with van der Waals surface area (Å²) in [5.41, 5.74) is 20.7. The van der Waals surface area contributed by atoms with Crippen molar-refractivity contribution in [3.63, 3.8) is 0 Å². The van der Waals surface area contributed by atoms with E-state index in [1.54, 1.807) is 0 Å². The van der Waals surface area contributed by atoms with Crippen LogP contribution in [-0.2, 0) is 11.8 Å². The van der Waals surface area contributed by atoms with E-state index in [0.29, 0.717) is 6.42 Å². The van der Waals surface area contributed by atoms with Crippen molar-refractivity contribution >= 4 is 94.1 Å². The average molecular weight is 1030 g/mol. The third-order valence-electron chi connectivity index (χ3n) is 16.9. The van der Waals surface area contributed by atoms with Crippen molar-refractivity contribution in [1.29, 1.82) is 0 Å². The fraction of sp³-hybridized carbons (Fsp3) is 0.0541. The Balaban J connectivity index is 0.789. The summed E-state index contributed by atoms with van der Waals surface area (Å²) in [7, 11) is 0. The number of hydrogen-bond donors (Lipinski definition) is 0. The Morgan fingerprint density at radius 1 is 0.367 bits per heavy atom. The van der Waals surface area contributed by atoms with Gasteiger partial charge in [0.25, 0.3) is 0 Å². The van der Waals surface area contributed by atoms with Crippen molar-refractivity contribution in [2.75, 3.05) is 14.7 Å². The summed E-state index contributed by atoms with van der Waals surface area (Å²) >= 11 is 1.86. The van der Waals surface area contributed by atoms with Gasteiger partial charge in [0.05, 0.1) is 11.0 Å². The molecule has 0 aliphatic heterocycles. The number of thiophene rings is 1. The molecule has 2 heterocycles. The molecule has 4 nitrogen and oxygen atoms in total. The average Bonchev–Trinajstić information content (AvgIpc) is 2.80. The first-order valence-corrected chi connectivity index (χ1v) is 28.1. The lowest BCUT2D eigenvalue weighted by Gasteiger charge is -2.42. The van der Waals surface area contributed by atoms with Gasteiger partial charge in [0, 0.05) is 83.0 Å². The molecule has 0 saturated carbocycles. The largest absolute Gasteiger partial charge is 0.460 e. The second-order valence-corrected chi connectivity index (χ2v) is 22.5. The molecule has 5 heteroatoms. The molecule has 1 spiro atoms. The fourth-order valence-corrected chi connectivity index (χ4v) is 14.7. The number of furan rings is 1. The monoisotopic (exact) mass is 1030 g/mol. The fourth-order valence-electron chi connectivity index (χ4n) is 13.6. The first-order valence-electron chi connectivity index (χ1n) is 27.3. The van der Waals surface area contributed by atoms with Crippen LogP contribution >= 0.6 is 11.3 Å². The van der Waals surface area contributed by atoms with Crippen LogP contribution < -0.4 is 14.7 Å². The Labute approximate surface area is 463 Å². The number of para-hydroxylation sites is 4. The molecule has 1 atom stereocenters. The molecule has 79 heavy (non-hydrogen) atoms. The van der Waals surface area contributed by atoms with Gasteiger partial charge in [-0.2, -0.15) is 0 Å². The van der Waals surface area contributed by atoms with E-state index in [-0.39, 0.29) is 5.54 Å². The quantitative estimate of drug-likeness (QED) is 0.144. The first-order chi connectivity index (χ1) is 39.0. The van der Waals surface area contributed by atoms with Crippen LogP contribution in [0.2, 0.25) is 0 Å². The molecule has 0 radical (unpaired) electrons. The van der Waals surface area contributed by atoms with Crippen LogP contribution in [0.3, 0.4) is 0 Å². The van der Waals surface area contributed by atoms with E-state index >= 15 is 0 Å². The SMILES string of the molecule is CC1(N(c2ccccc2)c2ccccc2)C=Cc2c(oc3ccc(N(c4ccccc4)c4ccc5sc6cc(N(c7ccccc7)c7ccc8c(c7)C7(c9ccccc9-c9ccccc97)c7ccccc7-8)ccc6c5c4)cc23)C1. The Hall–Kier alpha value is -9.68. The summed E-state index contributed by atoms with van der Waals surface area (Å²) in [4.78, 5) is 7.26. The molecule has 0 amide bonds. The molecule has 374 valence electrons. The lowest BCUT2D eigenvalue weighted by atomic mass is 9.70. The number of nitrogens with zero attached hydrogens (tertiary/aromatic N) is 3. The van der Waals surface area contributed by atoms with Crippen LogP contribution in [0.1, 0.15) is 40.5 Å². The van der Waals surface area contributed by atoms with Crippen molar-refractivity contribution in [1.82, 2.24) is 0 Å². The van der Waals surface area contributed by atoms with Gasteiger partial charge >= 0.3 is 0 Å². The summed E-state index contributed by atoms with van der Waals surface area (Å²) < 4.78 is 9.30. The lowest BCUT2D eigenvalue weighted by Crippen LogP contribution is -2.44. The van der Waals surface area contributed by atoms with E-state index in [2.05, 4.69) is 301 Å². The van der Waals surface area contributed by atoms with Crippen LogP contribution in [0, 0.1) is 0 Å². The summed E-state index contributed by atoms with van der Waals surface area (Å²) in [6.07, 6.45) is 5.36. The van der Waals surface area contributed by atoms with Gasteiger partial charge in [-0.1, -0.05) is 170 Å². The number of rotatable bonds is 9. The minimum Gasteiger partial charge on any atom is -0.460 e. The Morgan fingerprint density at radius 3 is 1.41 bits per heavy atom. The summed E-state index contributed by atoms with van der Waals surface area (Å²) in [5, 5.41) is 3.58. The Kier molecular flexibility index (Phi) is 10.2. The topological polar surface area (TPSA) is 22.9 Å². The molecule has 2 aromatic heterocycles. The lowest BCUT2D eigenvalue weighted by molar-refractivity contribution is 0.468. The maximum absolute atomic E-state index is 6.81. The normalized spacial score (nSPS) is 15.2.